The van der Waals surface area contributed by atoms with Gasteiger partial charge in [-0.2, -0.15) is 0 Å². The molecule has 0 amide bonds. The van der Waals surface area contributed by atoms with Crippen LogP contribution in [0.1, 0.15) is 50.5 Å². The largest absolute Gasteiger partial charge is 0.399 e. The fourth-order valence-electron chi connectivity index (χ4n) is 3.96. The molecule has 3 rings (SSSR count). The van der Waals surface area contributed by atoms with Crippen molar-refractivity contribution in [1.29, 1.82) is 0 Å². The Kier molecular flexibility index (Phi) is 4.51. The van der Waals surface area contributed by atoms with Gasteiger partial charge in [0.05, 0.1) is 5.60 Å². The zero-order valence-electron chi connectivity index (χ0n) is 13.2. The lowest BCUT2D eigenvalue weighted by Gasteiger charge is -2.46. The van der Waals surface area contributed by atoms with Gasteiger partial charge >= 0.3 is 0 Å². The highest BCUT2D eigenvalue weighted by atomic mass is 16.5. The molecule has 116 valence electrons. The number of hydrogen-bond donors (Lipinski definition) is 1. The maximum atomic E-state index is 6.21. The number of nitrogen functional groups attached to an aromatic ring is 1. The van der Waals surface area contributed by atoms with E-state index in [4.69, 9.17) is 10.5 Å². The van der Waals surface area contributed by atoms with Gasteiger partial charge in [0.1, 0.15) is 0 Å². The molecule has 1 unspecified atom stereocenters. The fraction of sp³-hybridized carbons (Fsp3) is 0.667. The molecule has 1 atom stereocenters. The lowest BCUT2D eigenvalue weighted by Crippen LogP contribution is -2.48. The van der Waals surface area contributed by atoms with Crippen LogP contribution in [0, 0.1) is 0 Å². The third-order valence-electron chi connectivity index (χ3n) is 5.27. The maximum Gasteiger partial charge on any atom is 0.0697 e. The van der Waals surface area contributed by atoms with Crippen molar-refractivity contribution in [2.45, 2.75) is 63.1 Å². The van der Waals surface area contributed by atoms with E-state index in [1.807, 2.05) is 12.1 Å². The smallest absolute Gasteiger partial charge is 0.0697 e. The monoisotopic (exact) mass is 288 g/mol. The SMILES string of the molecule is CN(Cc1ccc(N)cc1)C1CCOC2(CCCCC2)C1. The summed E-state index contributed by atoms with van der Waals surface area (Å²) in [7, 11) is 2.25. The van der Waals surface area contributed by atoms with Crippen LogP contribution in [0.25, 0.3) is 0 Å². The molecule has 0 radical (unpaired) electrons. The number of hydrogen-bond acceptors (Lipinski definition) is 3. The Balaban J connectivity index is 1.61. The second-order valence-corrected chi connectivity index (χ2v) is 6.90. The lowest BCUT2D eigenvalue weighted by molar-refractivity contribution is -0.122. The molecule has 2 fully saturated rings. The van der Waals surface area contributed by atoms with E-state index in [0.717, 1.165) is 25.3 Å². The molecular weight excluding hydrogens is 260 g/mol. The summed E-state index contributed by atoms with van der Waals surface area (Å²) in [6, 6.07) is 8.92. The fourth-order valence-corrected chi connectivity index (χ4v) is 3.96. The molecule has 21 heavy (non-hydrogen) atoms. The average molecular weight is 288 g/mol. The molecule has 3 heteroatoms. The van der Waals surface area contributed by atoms with E-state index >= 15 is 0 Å². The van der Waals surface area contributed by atoms with E-state index in [0.29, 0.717) is 6.04 Å². The molecule has 0 bridgehead atoms. The third kappa shape index (κ3) is 3.58. The van der Waals surface area contributed by atoms with Gasteiger partial charge in [-0.25, -0.2) is 0 Å². The van der Waals surface area contributed by atoms with E-state index in [-0.39, 0.29) is 5.60 Å². The van der Waals surface area contributed by atoms with Crippen molar-refractivity contribution in [3.05, 3.63) is 29.8 Å². The van der Waals surface area contributed by atoms with E-state index in [1.165, 1.54) is 44.1 Å². The minimum Gasteiger partial charge on any atom is -0.399 e. The van der Waals surface area contributed by atoms with Gasteiger partial charge in [0, 0.05) is 24.9 Å². The molecular formula is C18H28N2O. The minimum atomic E-state index is 0.191. The van der Waals surface area contributed by atoms with Crippen LogP contribution in [0.2, 0.25) is 0 Å². The number of nitrogens with zero attached hydrogens (tertiary/aromatic N) is 1. The summed E-state index contributed by atoms with van der Waals surface area (Å²) in [5.74, 6) is 0. The topological polar surface area (TPSA) is 38.5 Å². The minimum absolute atomic E-state index is 0.191. The average Bonchev–Trinajstić information content (AvgIpc) is 2.50. The van der Waals surface area contributed by atoms with E-state index in [2.05, 4.69) is 24.1 Å². The first-order chi connectivity index (χ1) is 10.2. The Hall–Kier alpha value is -1.06. The summed E-state index contributed by atoms with van der Waals surface area (Å²) in [4.78, 5) is 2.50. The first-order valence-corrected chi connectivity index (χ1v) is 8.36. The van der Waals surface area contributed by atoms with Crippen molar-refractivity contribution < 1.29 is 4.74 Å². The number of anilines is 1. The predicted octanol–water partition coefficient (Wildman–Crippen LogP) is 3.58. The molecule has 1 aliphatic heterocycles. The standard InChI is InChI=1S/C18H28N2O/c1-20(14-15-5-7-16(19)8-6-15)17-9-12-21-18(13-17)10-3-2-4-11-18/h5-8,17H,2-4,9-14,19H2,1H3. The zero-order chi connectivity index (χ0) is 14.7. The van der Waals surface area contributed by atoms with E-state index in [1.54, 1.807) is 0 Å². The van der Waals surface area contributed by atoms with Gasteiger partial charge in [-0.05, 0) is 50.4 Å². The van der Waals surface area contributed by atoms with Gasteiger partial charge in [0.25, 0.3) is 0 Å². The Morgan fingerprint density at radius 1 is 1.19 bits per heavy atom. The highest BCUT2D eigenvalue weighted by Gasteiger charge is 2.39. The quantitative estimate of drug-likeness (QED) is 0.864. The number of rotatable bonds is 3. The number of nitrogens with two attached hydrogens (primary N) is 1. The van der Waals surface area contributed by atoms with Gasteiger partial charge in [-0.3, -0.25) is 4.90 Å². The normalized spacial score (nSPS) is 25.3. The van der Waals surface area contributed by atoms with Crippen molar-refractivity contribution in [2.75, 3.05) is 19.4 Å². The van der Waals surface area contributed by atoms with Crippen LogP contribution in [-0.2, 0) is 11.3 Å². The van der Waals surface area contributed by atoms with Crippen LogP contribution in [0.3, 0.4) is 0 Å². The third-order valence-corrected chi connectivity index (χ3v) is 5.27. The Morgan fingerprint density at radius 2 is 1.90 bits per heavy atom. The predicted molar refractivity (Wildman–Crippen MR) is 87.1 cm³/mol. The summed E-state index contributed by atoms with van der Waals surface area (Å²) in [5.41, 5.74) is 8.14. The first kappa shape index (κ1) is 14.9. The summed E-state index contributed by atoms with van der Waals surface area (Å²) < 4.78 is 6.21. The van der Waals surface area contributed by atoms with Crippen molar-refractivity contribution in [1.82, 2.24) is 4.90 Å². The van der Waals surface area contributed by atoms with Gasteiger partial charge in [0.2, 0.25) is 0 Å². The summed E-state index contributed by atoms with van der Waals surface area (Å²) >= 11 is 0. The molecule has 2 N–H and O–H groups in total. The number of benzene rings is 1. The molecule has 1 heterocycles. The van der Waals surface area contributed by atoms with Crippen LogP contribution < -0.4 is 5.73 Å². The highest BCUT2D eigenvalue weighted by molar-refractivity contribution is 5.39. The van der Waals surface area contributed by atoms with Crippen molar-refractivity contribution in [3.8, 4) is 0 Å². The summed E-state index contributed by atoms with van der Waals surface area (Å²) in [5, 5.41) is 0. The van der Waals surface area contributed by atoms with Crippen molar-refractivity contribution in [3.63, 3.8) is 0 Å². The molecule has 1 saturated heterocycles. The Labute approximate surface area is 128 Å². The van der Waals surface area contributed by atoms with Crippen LogP contribution in [-0.4, -0.2) is 30.2 Å². The van der Waals surface area contributed by atoms with E-state index in [9.17, 15) is 0 Å². The molecule has 2 aliphatic rings. The second-order valence-electron chi connectivity index (χ2n) is 6.90. The van der Waals surface area contributed by atoms with Crippen LogP contribution >= 0.6 is 0 Å². The molecule has 1 spiro atoms. The van der Waals surface area contributed by atoms with Crippen LogP contribution in [0.15, 0.2) is 24.3 Å². The first-order valence-electron chi connectivity index (χ1n) is 8.36. The van der Waals surface area contributed by atoms with Gasteiger partial charge < -0.3 is 10.5 Å². The molecule has 1 aliphatic carbocycles. The second kappa shape index (κ2) is 6.37. The van der Waals surface area contributed by atoms with E-state index < -0.39 is 0 Å². The lowest BCUT2D eigenvalue weighted by atomic mass is 9.78. The highest BCUT2D eigenvalue weighted by Crippen LogP contribution is 2.39. The number of ether oxygens (including phenoxy) is 1. The van der Waals surface area contributed by atoms with Gasteiger partial charge in [-0.15, -0.1) is 0 Å². The molecule has 1 saturated carbocycles. The maximum absolute atomic E-state index is 6.21. The summed E-state index contributed by atoms with van der Waals surface area (Å²) in [6.45, 7) is 1.93. The Bertz CT molecular complexity index is 445. The molecule has 0 aromatic heterocycles. The Morgan fingerprint density at radius 3 is 2.62 bits per heavy atom. The van der Waals surface area contributed by atoms with Gasteiger partial charge in [-0.1, -0.05) is 31.4 Å². The van der Waals surface area contributed by atoms with Gasteiger partial charge in [0.15, 0.2) is 0 Å². The van der Waals surface area contributed by atoms with Crippen LogP contribution in [0.5, 0.6) is 0 Å². The zero-order valence-corrected chi connectivity index (χ0v) is 13.2. The van der Waals surface area contributed by atoms with Crippen molar-refractivity contribution in [2.24, 2.45) is 0 Å². The van der Waals surface area contributed by atoms with Crippen molar-refractivity contribution >= 4 is 5.69 Å². The molecule has 3 nitrogen and oxygen atoms in total. The summed E-state index contributed by atoms with van der Waals surface area (Å²) in [6.07, 6.45) is 8.96. The molecule has 1 aromatic rings. The molecule has 1 aromatic carbocycles. The van der Waals surface area contributed by atoms with Crippen LogP contribution in [0.4, 0.5) is 5.69 Å².